The minimum atomic E-state index is -4.32. The van der Waals surface area contributed by atoms with E-state index in [1.54, 1.807) is 0 Å². The van der Waals surface area contributed by atoms with Gasteiger partial charge in [0.1, 0.15) is 12.4 Å². The van der Waals surface area contributed by atoms with Gasteiger partial charge in [0.15, 0.2) is 0 Å². The highest BCUT2D eigenvalue weighted by Gasteiger charge is 2.30. The third-order valence-corrected chi connectivity index (χ3v) is 1.97. The van der Waals surface area contributed by atoms with Crippen molar-refractivity contribution in [1.29, 1.82) is 0 Å². The third-order valence-electron chi connectivity index (χ3n) is 1.97. The fourth-order valence-electron chi connectivity index (χ4n) is 1.11. The number of hydrogen-bond donors (Lipinski definition) is 0. The van der Waals surface area contributed by atoms with E-state index in [9.17, 15) is 13.2 Å². The SMILES string of the molecule is CN(C)CCOc1cccc(C(F)(F)F)c1. The maximum Gasteiger partial charge on any atom is 0.416 e. The molecular weight excluding hydrogens is 219 g/mol. The lowest BCUT2D eigenvalue weighted by Gasteiger charge is -2.12. The summed E-state index contributed by atoms with van der Waals surface area (Å²) < 4.78 is 42.3. The number of alkyl halides is 3. The first kappa shape index (κ1) is 12.8. The summed E-state index contributed by atoms with van der Waals surface area (Å²) in [7, 11) is 3.74. The Hall–Kier alpha value is -1.23. The Balaban J connectivity index is 2.61. The number of benzene rings is 1. The van der Waals surface area contributed by atoms with Gasteiger partial charge < -0.3 is 9.64 Å². The zero-order chi connectivity index (χ0) is 12.2. The van der Waals surface area contributed by atoms with Gasteiger partial charge in [-0.3, -0.25) is 0 Å². The van der Waals surface area contributed by atoms with Gasteiger partial charge in [-0.2, -0.15) is 13.2 Å². The van der Waals surface area contributed by atoms with Crippen molar-refractivity contribution in [2.24, 2.45) is 0 Å². The molecule has 90 valence electrons. The largest absolute Gasteiger partial charge is 0.492 e. The van der Waals surface area contributed by atoms with Gasteiger partial charge in [0.2, 0.25) is 0 Å². The van der Waals surface area contributed by atoms with Gasteiger partial charge in [-0.1, -0.05) is 6.07 Å². The standard InChI is InChI=1S/C11H14F3NO/c1-15(2)6-7-16-10-5-3-4-9(8-10)11(12,13)14/h3-5,8H,6-7H2,1-2H3. The summed E-state index contributed by atoms with van der Waals surface area (Å²) in [5, 5.41) is 0. The van der Waals surface area contributed by atoms with Crippen LogP contribution in [0.3, 0.4) is 0 Å². The van der Waals surface area contributed by atoms with Gasteiger partial charge >= 0.3 is 6.18 Å². The highest BCUT2D eigenvalue weighted by molar-refractivity contribution is 5.30. The summed E-state index contributed by atoms with van der Waals surface area (Å²) in [4.78, 5) is 1.90. The zero-order valence-corrected chi connectivity index (χ0v) is 9.21. The van der Waals surface area contributed by atoms with Crippen molar-refractivity contribution in [2.45, 2.75) is 6.18 Å². The number of nitrogens with zero attached hydrogens (tertiary/aromatic N) is 1. The lowest BCUT2D eigenvalue weighted by atomic mass is 10.2. The van der Waals surface area contributed by atoms with E-state index in [1.807, 2.05) is 19.0 Å². The average Bonchev–Trinajstić information content (AvgIpc) is 2.16. The van der Waals surface area contributed by atoms with E-state index in [-0.39, 0.29) is 5.75 Å². The van der Waals surface area contributed by atoms with Gasteiger partial charge in [0.05, 0.1) is 5.56 Å². The minimum Gasteiger partial charge on any atom is -0.492 e. The van der Waals surface area contributed by atoms with E-state index >= 15 is 0 Å². The molecule has 1 aromatic rings. The van der Waals surface area contributed by atoms with Crippen LogP contribution >= 0.6 is 0 Å². The number of halogens is 3. The van der Waals surface area contributed by atoms with E-state index in [1.165, 1.54) is 12.1 Å². The molecule has 1 aromatic carbocycles. The van der Waals surface area contributed by atoms with Gasteiger partial charge in [-0.25, -0.2) is 0 Å². The molecule has 0 spiro atoms. The topological polar surface area (TPSA) is 12.5 Å². The maximum absolute atomic E-state index is 12.4. The zero-order valence-electron chi connectivity index (χ0n) is 9.21. The first-order chi connectivity index (χ1) is 7.39. The van der Waals surface area contributed by atoms with Crippen LogP contribution in [0, 0.1) is 0 Å². The van der Waals surface area contributed by atoms with Gasteiger partial charge in [0.25, 0.3) is 0 Å². The van der Waals surface area contributed by atoms with Crippen LogP contribution in [0.4, 0.5) is 13.2 Å². The molecule has 5 heteroatoms. The van der Waals surface area contributed by atoms with Crippen LogP contribution in [0.2, 0.25) is 0 Å². The summed E-state index contributed by atoms with van der Waals surface area (Å²) >= 11 is 0. The lowest BCUT2D eigenvalue weighted by Crippen LogP contribution is -2.19. The van der Waals surface area contributed by atoms with Gasteiger partial charge in [-0.15, -0.1) is 0 Å². The van der Waals surface area contributed by atoms with Crippen molar-refractivity contribution in [3.8, 4) is 5.75 Å². The second kappa shape index (κ2) is 5.21. The molecule has 0 unspecified atom stereocenters. The molecule has 0 amide bonds. The monoisotopic (exact) mass is 233 g/mol. The van der Waals surface area contributed by atoms with Crippen molar-refractivity contribution in [3.05, 3.63) is 29.8 Å². The average molecular weight is 233 g/mol. The van der Waals surface area contributed by atoms with Crippen LogP contribution in [-0.4, -0.2) is 32.1 Å². The van der Waals surface area contributed by atoms with Crippen LogP contribution in [0.5, 0.6) is 5.75 Å². The summed E-state index contributed by atoms with van der Waals surface area (Å²) in [5.41, 5.74) is -0.685. The number of ether oxygens (including phenoxy) is 1. The highest BCUT2D eigenvalue weighted by atomic mass is 19.4. The minimum absolute atomic E-state index is 0.247. The molecule has 0 aliphatic heterocycles. The van der Waals surface area contributed by atoms with Crippen molar-refractivity contribution in [3.63, 3.8) is 0 Å². The van der Waals surface area contributed by atoms with Crippen molar-refractivity contribution in [1.82, 2.24) is 4.90 Å². The predicted molar refractivity (Wildman–Crippen MR) is 55.5 cm³/mol. The second-order valence-electron chi connectivity index (χ2n) is 3.68. The Kier molecular flexibility index (Phi) is 4.18. The molecule has 2 nitrogen and oxygen atoms in total. The van der Waals surface area contributed by atoms with Crippen LogP contribution in [0.25, 0.3) is 0 Å². The van der Waals surface area contributed by atoms with Crippen molar-refractivity contribution >= 4 is 0 Å². The molecule has 0 radical (unpaired) electrons. The Bertz CT molecular complexity index is 336. The third kappa shape index (κ3) is 4.10. The van der Waals surface area contributed by atoms with Crippen LogP contribution in [0.1, 0.15) is 5.56 Å². The van der Waals surface area contributed by atoms with Gasteiger partial charge in [0, 0.05) is 6.54 Å². The molecule has 1 rings (SSSR count). The molecule has 0 saturated carbocycles. The van der Waals surface area contributed by atoms with E-state index in [0.717, 1.165) is 12.1 Å². The van der Waals surface area contributed by atoms with Crippen LogP contribution in [-0.2, 0) is 6.18 Å². The molecule has 0 saturated heterocycles. The van der Waals surface area contributed by atoms with Gasteiger partial charge in [-0.05, 0) is 32.3 Å². The smallest absolute Gasteiger partial charge is 0.416 e. The first-order valence-electron chi connectivity index (χ1n) is 4.84. The van der Waals surface area contributed by atoms with E-state index < -0.39 is 11.7 Å². The lowest BCUT2D eigenvalue weighted by molar-refractivity contribution is -0.137. The number of rotatable bonds is 4. The Morgan fingerprint density at radius 1 is 1.25 bits per heavy atom. The summed E-state index contributed by atoms with van der Waals surface area (Å²) in [5.74, 6) is 0.247. The van der Waals surface area contributed by atoms with Crippen molar-refractivity contribution < 1.29 is 17.9 Å². The quantitative estimate of drug-likeness (QED) is 0.792. The number of hydrogen-bond acceptors (Lipinski definition) is 2. The fraction of sp³-hybridized carbons (Fsp3) is 0.455. The van der Waals surface area contributed by atoms with Crippen molar-refractivity contribution in [2.75, 3.05) is 27.2 Å². The number of likely N-dealkylation sites (N-methyl/N-ethyl adjacent to an activating group) is 1. The molecule has 0 bridgehead atoms. The summed E-state index contributed by atoms with van der Waals surface area (Å²) in [6.07, 6.45) is -4.32. The molecule has 0 heterocycles. The Labute approximate surface area is 92.6 Å². The highest BCUT2D eigenvalue weighted by Crippen LogP contribution is 2.31. The molecule has 0 aliphatic carbocycles. The molecule has 0 N–H and O–H groups in total. The molecule has 0 aromatic heterocycles. The summed E-state index contributed by atoms with van der Waals surface area (Å²) in [6.45, 7) is 1.03. The fourth-order valence-corrected chi connectivity index (χ4v) is 1.11. The van der Waals surface area contributed by atoms with E-state index in [2.05, 4.69) is 0 Å². The molecule has 0 aliphatic rings. The normalized spacial score (nSPS) is 11.9. The Morgan fingerprint density at radius 3 is 2.50 bits per heavy atom. The van der Waals surface area contributed by atoms with E-state index in [4.69, 9.17) is 4.74 Å². The molecule has 16 heavy (non-hydrogen) atoms. The second-order valence-corrected chi connectivity index (χ2v) is 3.68. The molecule has 0 atom stereocenters. The van der Waals surface area contributed by atoms with E-state index in [0.29, 0.717) is 13.2 Å². The van der Waals surface area contributed by atoms with Crippen LogP contribution < -0.4 is 4.74 Å². The Morgan fingerprint density at radius 2 is 1.94 bits per heavy atom. The maximum atomic E-state index is 12.4. The summed E-state index contributed by atoms with van der Waals surface area (Å²) in [6, 6.07) is 4.90. The molecular formula is C11H14F3NO. The van der Waals surface area contributed by atoms with Crippen LogP contribution in [0.15, 0.2) is 24.3 Å². The molecule has 0 fully saturated rings. The first-order valence-corrected chi connectivity index (χ1v) is 4.84. The predicted octanol–water partition coefficient (Wildman–Crippen LogP) is 2.65.